The molecule has 1 atom stereocenters. The molecule has 24 heavy (non-hydrogen) atoms. The summed E-state index contributed by atoms with van der Waals surface area (Å²) < 4.78 is 0. The zero-order valence-electron chi connectivity index (χ0n) is 13.8. The molecule has 3 heterocycles. The van der Waals surface area contributed by atoms with E-state index in [1.165, 1.54) is 0 Å². The quantitative estimate of drug-likeness (QED) is 0.800. The molecule has 1 aromatic heterocycles. The number of amides is 1. The highest BCUT2D eigenvalue weighted by Gasteiger charge is 2.20. The summed E-state index contributed by atoms with van der Waals surface area (Å²) in [4.78, 5) is 21.0. The molecule has 0 saturated carbocycles. The number of hydrogen-bond donors (Lipinski definition) is 2. The van der Waals surface area contributed by atoms with Crippen LogP contribution in [0, 0.1) is 0 Å². The van der Waals surface area contributed by atoms with E-state index >= 15 is 0 Å². The van der Waals surface area contributed by atoms with Gasteiger partial charge >= 0.3 is 0 Å². The lowest BCUT2D eigenvalue weighted by molar-refractivity contribution is -0.122. The van der Waals surface area contributed by atoms with Gasteiger partial charge in [-0.25, -0.2) is 4.98 Å². The van der Waals surface area contributed by atoms with Gasteiger partial charge in [0.05, 0.1) is 0 Å². The van der Waals surface area contributed by atoms with E-state index in [0.717, 1.165) is 58.1 Å². The first-order valence-electron chi connectivity index (χ1n) is 8.20. The van der Waals surface area contributed by atoms with Gasteiger partial charge in [-0.2, -0.15) is 0 Å². The summed E-state index contributed by atoms with van der Waals surface area (Å²) in [6, 6.07) is 6.35. The van der Waals surface area contributed by atoms with Gasteiger partial charge < -0.3 is 15.5 Å². The first-order valence-corrected chi connectivity index (χ1v) is 8.20. The van der Waals surface area contributed by atoms with E-state index in [0.29, 0.717) is 12.5 Å². The summed E-state index contributed by atoms with van der Waals surface area (Å²) in [7, 11) is 0. The van der Waals surface area contributed by atoms with Crippen molar-refractivity contribution < 1.29 is 4.79 Å². The number of rotatable bonds is 5. The van der Waals surface area contributed by atoms with Crippen LogP contribution in [0.5, 0.6) is 0 Å². The predicted octanol–water partition coefficient (Wildman–Crippen LogP) is 0.915. The molecule has 2 aliphatic rings. The summed E-state index contributed by atoms with van der Waals surface area (Å²) in [6.07, 6.45) is 3.48. The monoisotopic (exact) mass is 375 g/mol. The maximum absolute atomic E-state index is 11.9. The zero-order valence-corrected chi connectivity index (χ0v) is 15.5. The van der Waals surface area contributed by atoms with Crippen molar-refractivity contribution in [2.45, 2.75) is 18.9 Å². The third-order valence-electron chi connectivity index (χ3n) is 4.43. The average molecular weight is 376 g/mol. The first kappa shape index (κ1) is 21.0. The highest BCUT2D eigenvalue weighted by atomic mass is 35.5. The largest absolute Gasteiger partial charge is 0.354 e. The van der Waals surface area contributed by atoms with Crippen molar-refractivity contribution in [3.8, 4) is 0 Å². The fraction of sp³-hybridized carbons (Fsp3) is 0.625. The van der Waals surface area contributed by atoms with Gasteiger partial charge in [0.15, 0.2) is 0 Å². The molecule has 136 valence electrons. The molecule has 2 N–H and O–H groups in total. The summed E-state index contributed by atoms with van der Waals surface area (Å²) in [6.45, 7) is 6.72. The standard InChI is InChI=1S/C16H25N5O.2ClH/c22-16(19-14-4-7-17-13-14)5-8-20-9-11-21(12-10-20)15-3-1-2-6-18-15;;/h1-3,6,14,17H,4-5,7-13H2,(H,19,22);2*1H. The van der Waals surface area contributed by atoms with Crippen LogP contribution in [0.2, 0.25) is 0 Å². The number of carbonyl (C=O) groups is 1. The second-order valence-electron chi connectivity index (χ2n) is 6.02. The van der Waals surface area contributed by atoms with Gasteiger partial charge in [0, 0.05) is 57.9 Å². The van der Waals surface area contributed by atoms with Gasteiger partial charge in [0.2, 0.25) is 5.91 Å². The molecule has 1 aromatic rings. The van der Waals surface area contributed by atoms with E-state index in [2.05, 4.69) is 31.5 Å². The molecule has 0 aliphatic carbocycles. The number of aromatic nitrogens is 1. The number of anilines is 1. The minimum Gasteiger partial charge on any atom is -0.354 e. The van der Waals surface area contributed by atoms with Crippen molar-refractivity contribution in [3.05, 3.63) is 24.4 Å². The zero-order chi connectivity index (χ0) is 15.2. The fourth-order valence-electron chi connectivity index (χ4n) is 3.08. The Labute approximate surface area is 156 Å². The Morgan fingerprint density at radius 2 is 2.04 bits per heavy atom. The van der Waals surface area contributed by atoms with Crippen LogP contribution >= 0.6 is 24.8 Å². The van der Waals surface area contributed by atoms with Crippen molar-refractivity contribution in [2.24, 2.45) is 0 Å². The molecule has 8 heteroatoms. The molecule has 3 rings (SSSR count). The topological polar surface area (TPSA) is 60.5 Å². The number of nitrogens with one attached hydrogen (secondary N) is 2. The lowest BCUT2D eigenvalue weighted by atomic mass is 10.2. The van der Waals surface area contributed by atoms with Crippen LogP contribution in [0.3, 0.4) is 0 Å². The Morgan fingerprint density at radius 3 is 2.67 bits per heavy atom. The molecule has 6 nitrogen and oxygen atoms in total. The number of hydrogen-bond acceptors (Lipinski definition) is 5. The van der Waals surface area contributed by atoms with Crippen molar-refractivity contribution in [1.82, 2.24) is 20.5 Å². The van der Waals surface area contributed by atoms with Gasteiger partial charge in [0.25, 0.3) is 0 Å². The van der Waals surface area contributed by atoms with Crippen molar-refractivity contribution in [1.29, 1.82) is 0 Å². The van der Waals surface area contributed by atoms with E-state index in [1.54, 1.807) is 0 Å². The maximum Gasteiger partial charge on any atom is 0.221 e. The van der Waals surface area contributed by atoms with Gasteiger partial charge in [-0.3, -0.25) is 9.69 Å². The number of halogens is 2. The van der Waals surface area contributed by atoms with Crippen LogP contribution in [0.15, 0.2) is 24.4 Å². The highest BCUT2D eigenvalue weighted by molar-refractivity contribution is 5.85. The normalized spacial score (nSPS) is 20.8. The predicted molar refractivity (Wildman–Crippen MR) is 101 cm³/mol. The minimum atomic E-state index is 0. The van der Waals surface area contributed by atoms with Crippen LogP contribution in [0.1, 0.15) is 12.8 Å². The van der Waals surface area contributed by atoms with Gasteiger partial charge in [0.1, 0.15) is 5.82 Å². The Balaban J connectivity index is 0.00000144. The lowest BCUT2D eigenvalue weighted by Crippen LogP contribution is -2.47. The van der Waals surface area contributed by atoms with E-state index < -0.39 is 0 Å². The van der Waals surface area contributed by atoms with Crippen molar-refractivity contribution in [2.75, 3.05) is 50.7 Å². The molecular formula is C16H27Cl2N5O. The fourth-order valence-corrected chi connectivity index (χ4v) is 3.08. The molecule has 0 aromatic carbocycles. The second-order valence-corrected chi connectivity index (χ2v) is 6.02. The van der Waals surface area contributed by atoms with Crippen LogP contribution in [-0.4, -0.2) is 67.6 Å². The first-order chi connectivity index (χ1) is 10.8. The highest BCUT2D eigenvalue weighted by Crippen LogP contribution is 2.12. The molecule has 0 spiro atoms. The summed E-state index contributed by atoms with van der Waals surface area (Å²) in [5.74, 6) is 1.23. The van der Waals surface area contributed by atoms with E-state index in [-0.39, 0.29) is 30.7 Å². The Hall–Kier alpha value is -1.08. The van der Waals surface area contributed by atoms with Gasteiger partial charge in [-0.1, -0.05) is 6.07 Å². The summed E-state index contributed by atoms with van der Waals surface area (Å²) in [5, 5.41) is 6.37. The molecule has 2 aliphatic heterocycles. The third kappa shape index (κ3) is 6.09. The average Bonchev–Trinajstić information content (AvgIpc) is 3.07. The number of nitrogens with zero attached hydrogens (tertiary/aromatic N) is 3. The minimum absolute atomic E-state index is 0. The maximum atomic E-state index is 11.9. The SMILES string of the molecule is Cl.Cl.O=C(CCN1CCN(c2ccccn2)CC1)NC1CCNC1. The Morgan fingerprint density at radius 1 is 1.25 bits per heavy atom. The van der Waals surface area contributed by atoms with Gasteiger partial charge in [-0.05, 0) is 25.1 Å². The number of pyridine rings is 1. The lowest BCUT2D eigenvalue weighted by Gasteiger charge is -2.35. The summed E-state index contributed by atoms with van der Waals surface area (Å²) >= 11 is 0. The Bertz CT molecular complexity index is 477. The smallest absolute Gasteiger partial charge is 0.221 e. The third-order valence-corrected chi connectivity index (χ3v) is 4.43. The Kier molecular flexibility index (Phi) is 9.36. The van der Waals surface area contributed by atoms with Crippen LogP contribution in [0.25, 0.3) is 0 Å². The molecule has 0 radical (unpaired) electrons. The van der Waals surface area contributed by atoms with Gasteiger partial charge in [-0.15, -0.1) is 24.8 Å². The van der Waals surface area contributed by atoms with Crippen LogP contribution in [0.4, 0.5) is 5.82 Å². The van der Waals surface area contributed by atoms with Crippen molar-refractivity contribution >= 4 is 36.5 Å². The molecular weight excluding hydrogens is 349 g/mol. The van der Waals surface area contributed by atoms with Crippen LogP contribution < -0.4 is 15.5 Å². The van der Waals surface area contributed by atoms with E-state index in [9.17, 15) is 4.79 Å². The van der Waals surface area contributed by atoms with Crippen LogP contribution in [-0.2, 0) is 4.79 Å². The molecule has 1 unspecified atom stereocenters. The van der Waals surface area contributed by atoms with E-state index in [1.807, 2.05) is 18.3 Å². The van der Waals surface area contributed by atoms with Crippen molar-refractivity contribution in [3.63, 3.8) is 0 Å². The molecule has 2 saturated heterocycles. The summed E-state index contributed by atoms with van der Waals surface area (Å²) in [5.41, 5.74) is 0. The van der Waals surface area contributed by atoms with E-state index in [4.69, 9.17) is 0 Å². The molecule has 0 bridgehead atoms. The molecule has 1 amide bonds. The number of piperazine rings is 1. The second kappa shape index (κ2) is 10.7. The molecule has 2 fully saturated rings. The number of carbonyl (C=O) groups excluding carboxylic acids is 1.